The molecular weight excluding hydrogens is 364 g/mol. The van der Waals surface area contributed by atoms with Crippen molar-refractivity contribution < 1.29 is 13.9 Å². The molecule has 5 nitrogen and oxygen atoms in total. The van der Waals surface area contributed by atoms with Crippen LogP contribution in [0.5, 0.6) is 0 Å². The molecule has 1 saturated heterocycles. The Balaban J connectivity index is 1.46. The molecular formula is C24H28N2O3. The van der Waals surface area contributed by atoms with Crippen LogP contribution in [0.4, 0.5) is 0 Å². The smallest absolute Gasteiger partial charge is 0.287 e. The standard InChI is InChI=1S/C24H28N2O3/c1-17-8-9-21-20(14-17)15-22(29-21)23(27)25-16-24(10-12-28-13-11-24)26-18(2)19-6-4-3-5-7-19/h3-9,14-15,18,26H,10-13,16H2,1-2H3,(H,25,27). The van der Waals surface area contributed by atoms with Crippen molar-refractivity contribution in [2.45, 2.75) is 38.3 Å². The van der Waals surface area contributed by atoms with Crippen molar-refractivity contribution in [3.05, 3.63) is 71.5 Å². The topological polar surface area (TPSA) is 63.5 Å². The summed E-state index contributed by atoms with van der Waals surface area (Å²) in [6, 6.07) is 18.3. The number of furan rings is 1. The van der Waals surface area contributed by atoms with E-state index < -0.39 is 0 Å². The number of rotatable bonds is 6. The van der Waals surface area contributed by atoms with Gasteiger partial charge in [0, 0.05) is 36.7 Å². The molecule has 1 aromatic heterocycles. The largest absolute Gasteiger partial charge is 0.451 e. The zero-order valence-corrected chi connectivity index (χ0v) is 17.0. The lowest BCUT2D eigenvalue weighted by Gasteiger charge is -2.40. The van der Waals surface area contributed by atoms with Gasteiger partial charge in [0.2, 0.25) is 0 Å². The van der Waals surface area contributed by atoms with Crippen LogP contribution in [0.1, 0.15) is 47.5 Å². The monoisotopic (exact) mass is 392 g/mol. The highest BCUT2D eigenvalue weighted by atomic mass is 16.5. The van der Waals surface area contributed by atoms with Gasteiger partial charge >= 0.3 is 0 Å². The predicted molar refractivity (Wildman–Crippen MR) is 114 cm³/mol. The van der Waals surface area contributed by atoms with Gasteiger partial charge in [0.1, 0.15) is 5.58 Å². The first-order valence-electron chi connectivity index (χ1n) is 10.2. The molecule has 1 aliphatic rings. The minimum Gasteiger partial charge on any atom is -0.451 e. The summed E-state index contributed by atoms with van der Waals surface area (Å²) in [5.41, 5.74) is 2.91. The summed E-state index contributed by atoms with van der Waals surface area (Å²) >= 11 is 0. The fourth-order valence-corrected chi connectivity index (χ4v) is 4.03. The van der Waals surface area contributed by atoms with Crippen molar-refractivity contribution in [3.63, 3.8) is 0 Å². The van der Waals surface area contributed by atoms with Gasteiger partial charge in [-0.25, -0.2) is 0 Å². The Hall–Kier alpha value is -2.63. The van der Waals surface area contributed by atoms with E-state index in [2.05, 4.69) is 41.8 Å². The van der Waals surface area contributed by atoms with E-state index >= 15 is 0 Å². The maximum atomic E-state index is 12.8. The number of hydrogen-bond acceptors (Lipinski definition) is 4. The predicted octanol–water partition coefficient (Wildman–Crippen LogP) is 4.37. The lowest BCUT2D eigenvalue weighted by atomic mass is 9.88. The highest BCUT2D eigenvalue weighted by Crippen LogP contribution is 2.26. The van der Waals surface area contributed by atoms with Gasteiger partial charge in [-0.2, -0.15) is 0 Å². The van der Waals surface area contributed by atoms with Crippen molar-refractivity contribution in [2.24, 2.45) is 0 Å². The molecule has 2 heterocycles. The van der Waals surface area contributed by atoms with Crippen LogP contribution >= 0.6 is 0 Å². The Labute approximate surface area is 171 Å². The fourth-order valence-electron chi connectivity index (χ4n) is 4.03. The first-order chi connectivity index (χ1) is 14.0. The van der Waals surface area contributed by atoms with Crippen molar-refractivity contribution in [1.82, 2.24) is 10.6 Å². The highest BCUT2D eigenvalue weighted by Gasteiger charge is 2.34. The number of carbonyl (C=O) groups is 1. The summed E-state index contributed by atoms with van der Waals surface area (Å²) in [5.74, 6) is 0.169. The van der Waals surface area contributed by atoms with E-state index in [1.165, 1.54) is 5.56 Å². The third kappa shape index (κ3) is 4.52. The Bertz CT molecular complexity index is 974. The van der Waals surface area contributed by atoms with Gasteiger partial charge in [-0.1, -0.05) is 42.0 Å². The first kappa shape index (κ1) is 19.7. The number of ether oxygens (including phenoxy) is 1. The summed E-state index contributed by atoms with van der Waals surface area (Å²) in [5, 5.41) is 7.81. The first-order valence-corrected chi connectivity index (χ1v) is 10.2. The summed E-state index contributed by atoms with van der Waals surface area (Å²) in [4.78, 5) is 12.8. The molecule has 2 aromatic carbocycles. The zero-order valence-electron chi connectivity index (χ0n) is 17.0. The van der Waals surface area contributed by atoms with Gasteiger partial charge in [0.05, 0.1) is 0 Å². The summed E-state index contributed by atoms with van der Waals surface area (Å²) < 4.78 is 11.3. The van der Waals surface area contributed by atoms with Crippen molar-refractivity contribution >= 4 is 16.9 Å². The molecule has 2 N–H and O–H groups in total. The Kier molecular flexibility index (Phi) is 5.69. The lowest BCUT2D eigenvalue weighted by molar-refractivity contribution is 0.0330. The molecule has 152 valence electrons. The molecule has 5 heteroatoms. The summed E-state index contributed by atoms with van der Waals surface area (Å²) in [7, 11) is 0. The van der Waals surface area contributed by atoms with Gasteiger partial charge in [-0.15, -0.1) is 0 Å². The van der Waals surface area contributed by atoms with Crippen LogP contribution in [0.3, 0.4) is 0 Å². The van der Waals surface area contributed by atoms with Crippen LogP contribution in [-0.2, 0) is 4.74 Å². The quantitative estimate of drug-likeness (QED) is 0.654. The fraction of sp³-hybridized carbons (Fsp3) is 0.375. The number of fused-ring (bicyclic) bond motifs is 1. The second-order valence-electron chi connectivity index (χ2n) is 8.00. The molecule has 1 aliphatic heterocycles. The number of aryl methyl sites for hydroxylation is 1. The molecule has 1 atom stereocenters. The average molecular weight is 392 g/mol. The number of hydrogen-bond donors (Lipinski definition) is 2. The van der Waals surface area contributed by atoms with Crippen LogP contribution in [0.25, 0.3) is 11.0 Å². The van der Waals surface area contributed by atoms with E-state index in [1.54, 1.807) is 0 Å². The Morgan fingerprint density at radius 1 is 1.10 bits per heavy atom. The normalized spacial score (nSPS) is 17.2. The van der Waals surface area contributed by atoms with E-state index in [1.807, 2.05) is 37.3 Å². The summed E-state index contributed by atoms with van der Waals surface area (Å²) in [6.45, 7) is 6.10. The molecule has 3 aromatic rings. The van der Waals surface area contributed by atoms with Crippen LogP contribution in [-0.4, -0.2) is 31.2 Å². The Morgan fingerprint density at radius 3 is 2.62 bits per heavy atom. The molecule has 0 saturated carbocycles. The molecule has 0 spiro atoms. The van der Waals surface area contributed by atoms with Gasteiger partial charge in [-0.3, -0.25) is 4.79 Å². The number of nitrogens with one attached hydrogen (secondary N) is 2. The van der Waals surface area contributed by atoms with E-state index in [0.717, 1.165) is 29.4 Å². The summed E-state index contributed by atoms with van der Waals surface area (Å²) in [6.07, 6.45) is 1.70. The Morgan fingerprint density at radius 2 is 1.86 bits per heavy atom. The van der Waals surface area contributed by atoms with Gasteiger partial charge in [-0.05, 0) is 50.5 Å². The maximum Gasteiger partial charge on any atom is 0.287 e. The van der Waals surface area contributed by atoms with Crippen molar-refractivity contribution in [1.29, 1.82) is 0 Å². The molecule has 1 amide bonds. The lowest BCUT2D eigenvalue weighted by Crippen LogP contribution is -2.57. The molecule has 4 rings (SSSR count). The average Bonchev–Trinajstić information content (AvgIpc) is 3.17. The second kappa shape index (κ2) is 8.39. The van der Waals surface area contributed by atoms with Crippen LogP contribution < -0.4 is 10.6 Å². The highest BCUT2D eigenvalue weighted by molar-refractivity contribution is 5.96. The zero-order chi connectivity index (χ0) is 20.3. The maximum absolute atomic E-state index is 12.8. The minimum atomic E-state index is -0.203. The molecule has 0 bridgehead atoms. The van der Waals surface area contributed by atoms with E-state index in [-0.39, 0.29) is 17.5 Å². The van der Waals surface area contributed by atoms with E-state index in [0.29, 0.717) is 25.5 Å². The van der Waals surface area contributed by atoms with E-state index in [9.17, 15) is 4.79 Å². The minimum absolute atomic E-state index is 0.181. The number of benzene rings is 2. The van der Waals surface area contributed by atoms with Crippen LogP contribution in [0.15, 0.2) is 59.0 Å². The molecule has 0 aliphatic carbocycles. The van der Waals surface area contributed by atoms with Gasteiger partial charge in [0.25, 0.3) is 5.91 Å². The molecule has 1 unspecified atom stereocenters. The molecule has 29 heavy (non-hydrogen) atoms. The number of amides is 1. The van der Waals surface area contributed by atoms with E-state index in [4.69, 9.17) is 9.15 Å². The second-order valence-corrected chi connectivity index (χ2v) is 8.00. The van der Waals surface area contributed by atoms with Crippen LogP contribution in [0.2, 0.25) is 0 Å². The van der Waals surface area contributed by atoms with Crippen molar-refractivity contribution in [3.8, 4) is 0 Å². The third-order valence-electron chi connectivity index (χ3n) is 5.76. The van der Waals surface area contributed by atoms with Crippen LogP contribution in [0, 0.1) is 6.92 Å². The van der Waals surface area contributed by atoms with Crippen molar-refractivity contribution in [2.75, 3.05) is 19.8 Å². The van der Waals surface area contributed by atoms with Gasteiger partial charge < -0.3 is 19.8 Å². The number of carbonyl (C=O) groups excluding carboxylic acids is 1. The molecule has 1 fully saturated rings. The van der Waals surface area contributed by atoms with Gasteiger partial charge in [0.15, 0.2) is 5.76 Å². The molecule has 0 radical (unpaired) electrons. The third-order valence-corrected chi connectivity index (χ3v) is 5.76. The SMILES string of the molecule is Cc1ccc2oc(C(=O)NCC3(NC(C)c4ccccc4)CCOCC3)cc2c1.